The highest BCUT2D eigenvalue weighted by Gasteiger charge is 2.28. The molecule has 0 unspecified atom stereocenters. The number of hydrogen-bond acceptors (Lipinski definition) is 2. The number of nitrogens with two attached hydrogens (primary N) is 1. The van der Waals surface area contributed by atoms with Crippen molar-refractivity contribution in [3.05, 3.63) is 35.4 Å². The minimum absolute atomic E-state index is 0.0795. The van der Waals surface area contributed by atoms with Crippen molar-refractivity contribution in [2.24, 2.45) is 5.73 Å². The first-order valence-corrected chi connectivity index (χ1v) is 5.07. The van der Waals surface area contributed by atoms with E-state index in [2.05, 4.69) is 0 Å². The van der Waals surface area contributed by atoms with Gasteiger partial charge in [0.2, 0.25) is 5.91 Å². The van der Waals surface area contributed by atoms with E-state index in [0.717, 1.165) is 6.07 Å². The zero-order valence-electron chi connectivity index (χ0n) is 8.62. The molecule has 1 aromatic carbocycles. The summed E-state index contributed by atoms with van der Waals surface area (Å²) in [5, 5.41) is 0. The van der Waals surface area contributed by atoms with Crippen LogP contribution in [-0.2, 0) is 11.3 Å². The van der Waals surface area contributed by atoms with Crippen molar-refractivity contribution in [1.29, 1.82) is 0 Å². The number of carbonyl (C=O) groups excluding carboxylic acids is 1. The van der Waals surface area contributed by atoms with E-state index in [-0.39, 0.29) is 18.0 Å². The molecule has 16 heavy (non-hydrogen) atoms. The Hall–Kier alpha value is -1.49. The fourth-order valence-corrected chi connectivity index (χ4v) is 1.80. The summed E-state index contributed by atoms with van der Waals surface area (Å²) in [6.07, 6.45) is 0.565. The molecule has 0 aliphatic carbocycles. The van der Waals surface area contributed by atoms with E-state index in [1.165, 1.54) is 17.0 Å². The predicted octanol–water partition coefficient (Wildman–Crippen LogP) is 1.02. The largest absolute Gasteiger partial charge is 0.337 e. The average molecular weight is 226 g/mol. The molecule has 2 rings (SSSR count). The highest BCUT2D eigenvalue weighted by molar-refractivity contribution is 5.83. The first kappa shape index (κ1) is 11.0. The van der Waals surface area contributed by atoms with Crippen molar-refractivity contribution in [3.8, 4) is 0 Å². The molecule has 0 spiro atoms. The third-order valence-corrected chi connectivity index (χ3v) is 2.73. The molecule has 1 aromatic rings. The molecule has 0 bridgehead atoms. The molecule has 1 aliphatic rings. The molecule has 1 saturated heterocycles. The van der Waals surface area contributed by atoms with Gasteiger partial charge in [-0.05, 0) is 12.5 Å². The standard InChI is InChI=1S/C11H12F2N2O/c12-8-3-1-2-7(10(8)13)6-15-5-4-9(14)11(15)16/h1-3,9H,4-6,14H2/t9-/m1/s1. The van der Waals surface area contributed by atoms with Crippen LogP contribution in [0.3, 0.4) is 0 Å². The number of nitrogens with zero attached hydrogens (tertiary/aromatic N) is 1. The van der Waals surface area contributed by atoms with Gasteiger partial charge < -0.3 is 10.6 Å². The number of likely N-dealkylation sites (tertiary alicyclic amines) is 1. The third kappa shape index (κ3) is 1.90. The van der Waals surface area contributed by atoms with Crippen LogP contribution in [0.5, 0.6) is 0 Å². The van der Waals surface area contributed by atoms with E-state index < -0.39 is 17.7 Å². The van der Waals surface area contributed by atoms with Gasteiger partial charge in [-0.1, -0.05) is 12.1 Å². The fraction of sp³-hybridized carbons (Fsp3) is 0.364. The van der Waals surface area contributed by atoms with Crippen molar-refractivity contribution in [3.63, 3.8) is 0 Å². The summed E-state index contributed by atoms with van der Waals surface area (Å²) >= 11 is 0. The molecule has 0 aromatic heterocycles. The Kier molecular flexibility index (Phi) is 2.87. The Bertz CT molecular complexity index is 422. The van der Waals surface area contributed by atoms with Crippen LogP contribution in [0.15, 0.2) is 18.2 Å². The van der Waals surface area contributed by atoms with Gasteiger partial charge in [-0.25, -0.2) is 8.78 Å². The van der Waals surface area contributed by atoms with Gasteiger partial charge in [0.25, 0.3) is 0 Å². The summed E-state index contributed by atoms with van der Waals surface area (Å²) < 4.78 is 26.3. The quantitative estimate of drug-likeness (QED) is 0.818. The second kappa shape index (κ2) is 4.17. The molecule has 1 fully saturated rings. The topological polar surface area (TPSA) is 46.3 Å². The summed E-state index contributed by atoms with van der Waals surface area (Å²) in [5.74, 6) is -1.99. The van der Waals surface area contributed by atoms with Crippen LogP contribution in [0, 0.1) is 11.6 Å². The number of halogens is 2. The summed E-state index contributed by atoms with van der Waals surface area (Å²) in [7, 11) is 0. The van der Waals surface area contributed by atoms with Crippen LogP contribution < -0.4 is 5.73 Å². The van der Waals surface area contributed by atoms with Crippen molar-refractivity contribution >= 4 is 5.91 Å². The molecule has 1 amide bonds. The highest BCUT2D eigenvalue weighted by Crippen LogP contribution is 2.17. The zero-order chi connectivity index (χ0) is 11.7. The van der Waals surface area contributed by atoms with E-state index >= 15 is 0 Å². The zero-order valence-corrected chi connectivity index (χ0v) is 8.62. The molecule has 2 N–H and O–H groups in total. The van der Waals surface area contributed by atoms with E-state index in [9.17, 15) is 13.6 Å². The molecular formula is C11H12F2N2O. The van der Waals surface area contributed by atoms with Gasteiger partial charge in [0.15, 0.2) is 11.6 Å². The number of rotatable bonds is 2. The molecule has 1 atom stereocenters. The van der Waals surface area contributed by atoms with Crippen LogP contribution in [0.4, 0.5) is 8.78 Å². The SMILES string of the molecule is N[C@@H]1CCN(Cc2cccc(F)c2F)C1=O. The number of benzene rings is 1. The molecule has 86 valence electrons. The van der Waals surface area contributed by atoms with Crippen molar-refractivity contribution in [1.82, 2.24) is 4.90 Å². The summed E-state index contributed by atoms with van der Waals surface area (Å²) in [6.45, 7) is 0.575. The first-order valence-electron chi connectivity index (χ1n) is 5.07. The lowest BCUT2D eigenvalue weighted by Gasteiger charge is -2.16. The third-order valence-electron chi connectivity index (χ3n) is 2.73. The van der Waals surface area contributed by atoms with E-state index in [1.807, 2.05) is 0 Å². The van der Waals surface area contributed by atoms with Crippen LogP contribution in [0.1, 0.15) is 12.0 Å². The van der Waals surface area contributed by atoms with Gasteiger partial charge in [-0.15, -0.1) is 0 Å². The maximum Gasteiger partial charge on any atom is 0.239 e. The monoisotopic (exact) mass is 226 g/mol. The van der Waals surface area contributed by atoms with Gasteiger partial charge >= 0.3 is 0 Å². The predicted molar refractivity (Wildman–Crippen MR) is 54.4 cm³/mol. The lowest BCUT2D eigenvalue weighted by molar-refractivity contribution is -0.129. The number of hydrogen-bond donors (Lipinski definition) is 1. The molecule has 0 radical (unpaired) electrons. The van der Waals surface area contributed by atoms with Crippen molar-refractivity contribution < 1.29 is 13.6 Å². The van der Waals surface area contributed by atoms with Gasteiger partial charge in [-0.2, -0.15) is 0 Å². The minimum atomic E-state index is -0.895. The molecule has 1 aliphatic heterocycles. The van der Waals surface area contributed by atoms with Crippen molar-refractivity contribution in [2.75, 3.05) is 6.54 Å². The van der Waals surface area contributed by atoms with Crippen molar-refractivity contribution in [2.45, 2.75) is 19.0 Å². The van der Waals surface area contributed by atoms with Gasteiger partial charge in [0.1, 0.15) is 0 Å². The van der Waals surface area contributed by atoms with E-state index in [1.54, 1.807) is 0 Å². The molecule has 5 heteroatoms. The summed E-state index contributed by atoms with van der Waals surface area (Å²) in [5.41, 5.74) is 5.71. The lowest BCUT2D eigenvalue weighted by Crippen LogP contribution is -2.33. The van der Waals surface area contributed by atoms with Crippen LogP contribution >= 0.6 is 0 Å². The maximum atomic E-state index is 13.3. The molecular weight excluding hydrogens is 214 g/mol. The Morgan fingerprint density at radius 2 is 2.19 bits per heavy atom. The summed E-state index contributed by atoms with van der Waals surface area (Å²) in [6, 6.07) is 3.44. The lowest BCUT2D eigenvalue weighted by atomic mass is 10.2. The smallest absolute Gasteiger partial charge is 0.239 e. The van der Waals surface area contributed by atoms with Gasteiger partial charge in [0, 0.05) is 18.7 Å². The Labute approximate surface area is 91.8 Å². The van der Waals surface area contributed by atoms with Gasteiger partial charge in [-0.3, -0.25) is 4.79 Å². The van der Waals surface area contributed by atoms with Crippen LogP contribution in [0.25, 0.3) is 0 Å². The highest BCUT2D eigenvalue weighted by atomic mass is 19.2. The second-order valence-electron chi connectivity index (χ2n) is 3.87. The fourth-order valence-electron chi connectivity index (χ4n) is 1.80. The second-order valence-corrected chi connectivity index (χ2v) is 3.87. The molecule has 3 nitrogen and oxygen atoms in total. The molecule has 1 heterocycles. The average Bonchev–Trinajstić information content (AvgIpc) is 2.57. The Morgan fingerprint density at radius 3 is 2.81 bits per heavy atom. The van der Waals surface area contributed by atoms with E-state index in [4.69, 9.17) is 5.73 Å². The Morgan fingerprint density at radius 1 is 1.44 bits per heavy atom. The minimum Gasteiger partial charge on any atom is -0.337 e. The first-order chi connectivity index (χ1) is 7.59. The van der Waals surface area contributed by atoms with E-state index in [0.29, 0.717) is 13.0 Å². The Balaban J connectivity index is 2.16. The van der Waals surface area contributed by atoms with Crippen LogP contribution in [0.2, 0.25) is 0 Å². The van der Waals surface area contributed by atoms with Crippen LogP contribution in [-0.4, -0.2) is 23.4 Å². The summed E-state index contributed by atoms with van der Waals surface area (Å²) in [4.78, 5) is 12.9. The normalized spacial score (nSPS) is 20.6. The van der Waals surface area contributed by atoms with Gasteiger partial charge in [0.05, 0.1) is 6.04 Å². The molecule has 0 saturated carbocycles. The number of amides is 1. The maximum absolute atomic E-state index is 13.3. The number of carbonyl (C=O) groups is 1.